The monoisotopic (exact) mass is 403 g/mol. The molecule has 1 aromatic heterocycles. The van der Waals surface area contributed by atoms with E-state index in [0.29, 0.717) is 16.5 Å². The second-order valence-electron chi connectivity index (χ2n) is 6.59. The number of carbonyl (C=O) groups excluding carboxylic acids is 1. The molecule has 1 N–H and O–H groups in total. The van der Waals surface area contributed by atoms with E-state index in [9.17, 15) is 14.0 Å². The molecule has 0 unspecified atom stereocenters. The van der Waals surface area contributed by atoms with Gasteiger partial charge in [0, 0.05) is 24.0 Å². The van der Waals surface area contributed by atoms with Crippen LogP contribution in [0.2, 0.25) is 5.02 Å². The van der Waals surface area contributed by atoms with E-state index in [1.54, 1.807) is 36.4 Å². The number of rotatable bonds is 3. The van der Waals surface area contributed by atoms with Crippen LogP contribution in [-0.2, 0) is 0 Å². The third-order valence-electron chi connectivity index (χ3n) is 4.66. The number of halogens is 2. The molecule has 1 aliphatic heterocycles. The summed E-state index contributed by atoms with van der Waals surface area (Å²) >= 11 is 6.31. The SMILES string of the molecule is [2H]c1c(N(C)C(=O)O)oc2c(Cl)cc(-c3ccc(C(=O)N4CC(F)C4)cc3)cc12. The van der Waals surface area contributed by atoms with Gasteiger partial charge in [-0.2, -0.15) is 0 Å². The van der Waals surface area contributed by atoms with E-state index in [1.807, 2.05) is 0 Å². The number of anilines is 1. The van der Waals surface area contributed by atoms with Crippen LogP contribution in [-0.4, -0.2) is 48.3 Å². The van der Waals surface area contributed by atoms with Crippen LogP contribution < -0.4 is 4.90 Å². The highest BCUT2D eigenvalue weighted by atomic mass is 35.5. The van der Waals surface area contributed by atoms with Gasteiger partial charge in [0.1, 0.15) is 6.17 Å². The zero-order valence-corrected chi connectivity index (χ0v) is 15.5. The minimum atomic E-state index is -1.25. The summed E-state index contributed by atoms with van der Waals surface area (Å²) in [4.78, 5) is 25.7. The van der Waals surface area contributed by atoms with E-state index >= 15 is 0 Å². The first-order chi connectivity index (χ1) is 13.8. The maximum absolute atomic E-state index is 13.0. The highest BCUT2D eigenvalue weighted by Gasteiger charge is 2.30. The normalized spacial score (nSPS) is 14.7. The number of amides is 2. The Labute approximate surface area is 166 Å². The number of hydrogen-bond acceptors (Lipinski definition) is 3. The number of carbonyl (C=O) groups is 2. The molecule has 1 aliphatic rings. The third kappa shape index (κ3) is 3.18. The smallest absolute Gasteiger partial charge is 0.413 e. The highest BCUT2D eigenvalue weighted by Crippen LogP contribution is 2.35. The summed E-state index contributed by atoms with van der Waals surface area (Å²) in [5, 5.41) is 9.75. The summed E-state index contributed by atoms with van der Waals surface area (Å²) in [5.74, 6) is -0.336. The summed E-state index contributed by atoms with van der Waals surface area (Å²) < 4.78 is 26.7. The molecule has 1 saturated heterocycles. The van der Waals surface area contributed by atoms with Crippen molar-refractivity contribution >= 4 is 40.5 Å². The zero-order valence-electron chi connectivity index (χ0n) is 15.8. The second kappa shape index (κ2) is 6.83. The number of likely N-dealkylation sites (tertiary alicyclic amines) is 1. The lowest BCUT2D eigenvalue weighted by Crippen LogP contribution is -2.51. The number of nitrogens with zero attached hydrogens (tertiary/aromatic N) is 2. The van der Waals surface area contributed by atoms with Gasteiger partial charge in [0.15, 0.2) is 5.58 Å². The number of alkyl halides is 1. The van der Waals surface area contributed by atoms with Gasteiger partial charge in [-0.25, -0.2) is 9.18 Å². The molecule has 2 amide bonds. The summed E-state index contributed by atoms with van der Waals surface area (Å²) in [5.41, 5.74) is 2.13. The van der Waals surface area contributed by atoms with Crippen LogP contribution in [0, 0.1) is 0 Å². The maximum Gasteiger partial charge on any atom is 0.413 e. The van der Waals surface area contributed by atoms with Gasteiger partial charge in [0.25, 0.3) is 5.91 Å². The molecule has 144 valence electrons. The summed E-state index contributed by atoms with van der Waals surface area (Å²) in [6, 6.07) is 10.0. The van der Waals surface area contributed by atoms with Crippen molar-refractivity contribution in [2.24, 2.45) is 0 Å². The Bertz CT molecular complexity index is 1130. The van der Waals surface area contributed by atoms with Crippen LogP contribution in [0.3, 0.4) is 0 Å². The Morgan fingerprint density at radius 2 is 1.96 bits per heavy atom. The molecular formula is C20H16ClFN2O4. The molecule has 0 radical (unpaired) electrons. The zero-order chi connectivity index (χ0) is 20.9. The van der Waals surface area contributed by atoms with Gasteiger partial charge in [0.2, 0.25) is 5.88 Å². The Kier molecular flexibility index (Phi) is 4.16. The summed E-state index contributed by atoms with van der Waals surface area (Å²) in [6.45, 7) is 0.236. The van der Waals surface area contributed by atoms with Crippen molar-refractivity contribution in [2.75, 3.05) is 25.0 Å². The number of hydrogen-bond donors (Lipinski definition) is 1. The molecule has 0 spiro atoms. The molecule has 28 heavy (non-hydrogen) atoms. The Morgan fingerprint density at radius 1 is 1.29 bits per heavy atom. The van der Waals surface area contributed by atoms with Crippen molar-refractivity contribution in [1.29, 1.82) is 0 Å². The van der Waals surface area contributed by atoms with Crippen molar-refractivity contribution in [1.82, 2.24) is 4.90 Å². The van der Waals surface area contributed by atoms with Crippen LogP contribution in [0.4, 0.5) is 15.1 Å². The van der Waals surface area contributed by atoms with Crippen molar-refractivity contribution in [2.45, 2.75) is 6.17 Å². The fourth-order valence-electron chi connectivity index (χ4n) is 3.01. The molecule has 0 bridgehead atoms. The quantitative estimate of drug-likeness (QED) is 0.690. The van der Waals surface area contributed by atoms with Crippen molar-refractivity contribution in [3.05, 3.63) is 53.0 Å². The molecule has 0 aliphatic carbocycles. The fourth-order valence-corrected chi connectivity index (χ4v) is 3.27. The molecule has 4 rings (SSSR count). The minimum absolute atomic E-state index is 0.0843. The third-order valence-corrected chi connectivity index (χ3v) is 4.95. The van der Waals surface area contributed by atoms with Crippen molar-refractivity contribution in [3.63, 3.8) is 0 Å². The van der Waals surface area contributed by atoms with E-state index in [1.165, 1.54) is 11.9 Å². The van der Waals surface area contributed by atoms with Crippen molar-refractivity contribution < 1.29 is 24.9 Å². The first-order valence-corrected chi connectivity index (χ1v) is 8.87. The van der Waals surface area contributed by atoms with Gasteiger partial charge in [-0.1, -0.05) is 23.7 Å². The minimum Gasteiger partial charge on any atom is -0.465 e. The van der Waals surface area contributed by atoms with Crippen molar-refractivity contribution in [3.8, 4) is 11.1 Å². The van der Waals surface area contributed by atoms with Gasteiger partial charge >= 0.3 is 6.09 Å². The highest BCUT2D eigenvalue weighted by molar-refractivity contribution is 6.35. The second-order valence-corrected chi connectivity index (χ2v) is 7.00. The molecule has 8 heteroatoms. The van der Waals surface area contributed by atoms with E-state index in [-0.39, 0.29) is 41.5 Å². The molecule has 1 fully saturated rings. The van der Waals surface area contributed by atoms with Gasteiger partial charge in [-0.05, 0) is 35.4 Å². The summed E-state index contributed by atoms with van der Waals surface area (Å²) in [6.07, 6.45) is -2.21. The average Bonchev–Trinajstić information content (AvgIpc) is 3.01. The Hall–Kier alpha value is -3.06. The van der Waals surface area contributed by atoms with E-state index in [0.717, 1.165) is 10.5 Å². The van der Waals surface area contributed by atoms with Crippen LogP contribution in [0.5, 0.6) is 0 Å². The lowest BCUT2D eigenvalue weighted by Gasteiger charge is -2.34. The number of fused-ring (bicyclic) bond motifs is 1. The lowest BCUT2D eigenvalue weighted by atomic mass is 10.0. The maximum atomic E-state index is 13.0. The van der Waals surface area contributed by atoms with Crippen LogP contribution in [0.15, 0.2) is 46.9 Å². The van der Waals surface area contributed by atoms with E-state index < -0.39 is 12.3 Å². The predicted octanol–water partition coefficient (Wildman–Crippen LogP) is 4.66. The standard InChI is InChI=1S/C20H16ClFN2O4/c1-23(20(26)27)17-8-14-6-13(7-16(21)18(14)28-17)11-2-4-12(5-3-11)19(25)24-9-15(22)10-24/h2-8,15H,9-10H2,1H3,(H,26,27)/i8D. The summed E-state index contributed by atoms with van der Waals surface area (Å²) in [7, 11) is 1.28. The molecule has 0 saturated carbocycles. The largest absolute Gasteiger partial charge is 0.465 e. The molecule has 6 nitrogen and oxygen atoms in total. The first kappa shape index (κ1) is 17.1. The topological polar surface area (TPSA) is 74.0 Å². The van der Waals surface area contributed by atoms with Gasteiger partial charge in [-0.3, -0.25) is 9.69 Å². The Morgan fingerprint density at radius 3 is 2.57 bits per heavy atom. The van der Waals surface area contributed by atoms with Gasteiger partial charge in [0.05, 0.1) is 19.5 Å². The number of benzene rings is 2. The molecule has 2 heterocycles. The predicted molar refractivity (Wildman–Crippen MR) is 104 cm³/mol. The Balaban J connectivity index is 1.68. The molecular weight excluding hydrogens is 387 g/mol. The molecule has 2 aromatic carbocycles. The first-order valence-electron chi connectivity index (χ1n) is 8.99. The van der Waals surface area contributed by atoms with E-state index in [4.69, 9.17) is 22.5 Å². The number of furan rings is 1. The lowest BCUT2D eigenvalue weighted by molar-refractivity contribution is 0.0400. The van der Waals surface area contributed by atoms with Crippen LogP contribution in [0.25, 0.3) is 22.1 Å². The fraction of sp³-hybridized carbons (Fsp3) is 0.200. The molecule has 0 atom stereocenters. The van der Waals surface area contributed by atoms with E-state index in [2.05, 4.69) is 0 Å². The van der Waals surface area contributed by atoms with Gasteiger partial charge in [-0.15, -0.1) is 0 Å². The van der Waals surface area contributed by atoms with Crippen LogP contribution >= 0.6 is 11.6 Å². The average molecular weight is 404 g/mol. The number of carboxylic acid groups (broad SMARTS) is 1. The van der Waals surface area contributed by atoms with Gasteiger partial charge < -0.3 is 14.4 Å². The van der Waals surface area contributed by atoms with Crippen LogP contribution in [0.1, 0.15) is 11.7 Å². The molecule has 3 aromatic rings.